The first-order valence-corrected chi connectivity index (χ1v) is 8.86. The van der Waals surface area contributed by atoms with Gasteiger partial charge < -0.3 is 9.47 Å². The Hall–Kier alpha value is -2.15. The van der Waals surface area contributed by atoms with Gasteiger partial charge in [0, 0.05) is 11.6 Å². The topological polar surface area (TPSA) is 68.2 Å². The smallest absolute Gasteiger partial charge is 0.254 e. The molecule has 1 saturated carbocycles. The highest BCUT2D eigenvalue weighted by Gasteiger charge is 2.59. The molecule has 0 aromatic heterocycles. The van der Waals surface area contributed by atoms with E-state index < -0.39 is 0 Å². The molecule has 0 unspecified atom stereocenters. The molecule has 2 aliphatic carbocycles. The van der Waals surface area contributed by atoms with Crippen LogP contribution in [0.3, 0.4) is 0 Å². The summed E-state index contributed by atoms with van der Waals surface area (Å²) in [6, 6.07) is 3.50. The summed E-state index contributed by atoms with van der Waals surface area (Å²) in [5, 5.41) is 5.21. The molecule has 4 atom stereocenters. The van der Waals surface area contributed by atoms with Gasteiger partial charge in [-0.3, -0.25) is 9.59 Å². The van der Waals surface area contributed by atoms with Gasteiger partial charge in [0.05, 0.1) is 36.7 Å². The van der Waals surface area contributed by atoms with Gasteiger partial charge >= 0.3 is 0 Å². The highest BCUT2D eigenvalue weighted by Crippen LogP contribution is 2.52. The number of rotatable bonds is 4. The van der Waals surface area contributed by atoms with Crippen molar-refractivity contribution >= 4 is 34.0 Å². The van der Waals surface area contributed by atoms with E-state index in [1.165, 1.54) is 6.21 Å². The number of carbonyl (C=O) groups is 2. The molecular weight excluding hydrogens is 388 g/mol. The van der Waals surface area contributed by atoms with Crippen molar-refractivity contribution in [3.63, 3.8) is 0 Å². The minimum absolute atomic E-state index is 0.177. The lowest BCUT2D eigenvalue weighted by Crippen LogP contribution is -2.28. The Balaban J connectivity index is 1.62. The highest BCUT2D eigenvalue weighted by molar-refractivity contribution is 9.10. The molecule has 1 heterocycles. The van der Waals surface area contributed by atoms with Gasteiger partial charge in [0.25, 0.3) is 11.8 Å². The molecule has 25 heavy (non-hydrogen) atoms. The zero-order valence-corrected chi connectivity index (χ0v) is 15.4. The number of hydrogen-bond acceptors (Lipinski definition) is 5. The number of amides is 2. The molecule has 2 amide bonds. The van der Waals surface area contributed by atoms with E-state index in [0.29, 0.717) is 17.1 Å². The van der Waals surface area contributed by atoms with Crippen LogP contribution in [0, 0.1) is 23.7 Å². The molecule has 2 fully saturated rings. The van der Waals surface area contributed by atoms with Crippen LogP contribution in [0.1, 0.15) is 12.0 Å². The van der Waals surface area contributed by atoms with Crippen LogP contribution in [-0.2, 0) is 9.59 Å². The number of nitrogens with zero attached hydrogens (tertiary/aromatic N) is 2. The Kier molecular flexibility index (Phi) is 3.91. The zero-order valence-electron chi connectivity index (χ0n) is 13.8. The fraction of sp³-hybridized carbons (Fsp3) is 0.389. The molecule has 1 saturated heterocycles. The maximum atomic E-state index is 12.6. The third kappa shape index (κ3) is 2.40. The second-order valence-corrected chi connectivity index (χ2v) is 7.32. The fourth-order valence-corrected chi connectivity index (χ4v) is 4.63. The number of ether oxygens (including phenoxy) is 2. The summed E-state index contributed by atoms with van der Waals surface area (Å²) < 4.78 is 11.3. The van der Waals surface area contributed by atoms with Crippen LogP contribution in [0.25, 0.3) is 0 Å². The molecule has 0 N–H and O–H groups in total. The van der Waals surface area contributed by atoms with Gasteiger partial charge in [-0.1, -0.05) is 12.2 Å². The predicted octanol–water partition coefficient (Wildman–Crippen LogP) is 2.61. The number of allylic oxidation sites excluding steroid dienone is 2. The third-order valence-electron chi connectivity index (χ3n) is 5.26. The number of imide groups is 1. The molecule has 1 aliphatic heterocycles. The number of halogens is 1. The quantitative estimate of drug-likeness (QED) is 0.439. The molecule has 3 aliphatic rings. The van der Waals surface area contributed by atoms with Gasteiger partial charge in [-0.2, -0.15) is 10.1 Å². The number of carbonyl (C=O) groups excluding carboxylic acids is 2. The van der Waals surface area contributed by atoms with E-state index in [4.69, 9.17) is 9.47 Å². The SMILES string of the molecule is COc1cc(OC)c(/C=N\N2C(=O)[C@@H]3[C@H](C2=O)[C@H]2C=C[C@H]3C2)cc1Br. The summed E-state index contributed by atoms with van der Waals surface area (Å²) in [4.78, 5) is 25.3. The first-order valence-electron chi connectivity index (χ1n) is 8.06. The maximum absolute atomic E-state index is 12.6. The van der Waals surface area contributed by atoms with Gasteiger partial charge in [0.2, 0.25) is 0 Å². The van der Waals surface area contributed by atoms with E-state index in [1.807, 2.05) is 0 Å². The summed E-state index contributed by atoms with van der Waals surface area (Å²) in [5.41, 5.74) is 0.647. The van der Waals surface area contributed by atoms with Crippen LogP contribution in [0.15, 0.2) is 33.9 Å². The second-order valence-electron chi connectivity index (χ2n) is 6.46. The number of methoxy groups -OCH3 is 2. The Bertz CT molecular complexity index is 790. The average molecular weight is 405 g/mol. The molecule has 6 nitrogen and oxygen atoms in total. The number of benzene rings is 1. The van der Waals surface area contributed by atoms with Crippen LogP contribution < -0.4 is 9.47 Å². The van der Waals surface area contributed by atoms with Crippen LogP contribution in [0.4, 0.5) is 0 Å². The lowest BCUT2D eigenvalue weighted by molar-refractivity contribution is -0.140. The Labute approximate surface area is 153 Å². The van der Waals surface area contributed by atoms with Crippen molar-refractivity contribution in [2.75, 3.05) is 14.2 Å². The lowest BCUT2D eigenvalue weighted by Gasteiger charge is -2.13. The minimum atomic E-state index is -0.246. The summed E-state index contributed by atoms with van der Waals surface area (Å²) in [5.74, 6) is 0.634. The molecule has 1 aromatic carbocycles. The van der Waals surface area contributed by atoms with E-state index in [2.05, 4.69) is 33.2 Å². The molecule has 4 rings (SSSR count). The summed E-state index contributed by atoms with van der Waals surface area (Å²) in [7, 11) is 3.11. The molecular formula is C18H17BrN2O4. The number of fused-ring (bicyclic) bond motifs is 5. The van der Waals surface area contributed by atoms with E-state index >= 15 is 0 Å². The van der Waals surface area contributed by atoms with Gasteiger partial charge in [0.15, 0.2) is 0 Å². The van der Waals surface area contributed by atoms with Crippen LogP contribution >= 0.6 is 15.9 Å². The Morgan fingerprint density at radius 3 is 2.24 bits per heavy atom. The highest BCUT2D eigenvalue weighted by atomic mass is 79.9. The van der Waals surface area contributed by atoms with Crippen molar-refractivity contribution in [2.45, 2.75) is 6.42 Å². The van der Waals surface area contributed by atoms with Crippen LogP contribution in [0.5, 0.6) is 11.5 Å². The lowest BCUT2D eigenvalue weighted by atomic mass is 9.85. The van der Waals surface area contributed by atoms with Crippen molar-refractivity contribution in [3.05, 3.63) is 34.3 Å². The van der Waals surface area contributed by atoms with Crippen molar-refractivity contribution in [3.8, 4) is 11.5 Å². The standard InChI is InChI=1S/C18H17BrN2O4/c1-24-13-7-14(25-2)12(19)6-11(13)8-20-21-17(22)15-9-3-4-10(5-9)16(15)18(21)23/h3-4,6-10,15-16H,5H2,1-2H3/b20-8-/t9-,10-,15-,16+/m0/s1. The monoisotopic (exact) mass is 404 g/mol. The van der Waals surface area contributed by atoms with E-state index in [1.54, 1.807) is 26.4 Å². The van der Waals surface area contributed by atoms with Crippen molar-refractivity contribution in [2.24, 2.45) is 28.8 Å². The first kappa shape index (κ1) is 16.3. The largest absolute Gasteiger partial charge is 0.496 e. The number of hydrogen-bond donors (Lipinski definition) is 0. The van der Waals surface area contributed by atoms with E-state index in [9.17, 15) is 9.59 Å². The van der Waals surface area contributed by atoms with Gasteiger partial charge in [0.1, 0.15) is 11.5 Å². The predicted molar refractivity (Wildman–Crippen MR) is 94.4 cm³/mol. The molecule has 1 aromatic rings. The van der Waals surface area contributed by atoms with Crippen LogP contribution in [-0.4, -0.2) is 37.3 Å². The summed E-state index contributed by atoms with van der Waals surface area (Å²) in [6.07, 6.45) is 6.51. The molecule has 2 bridgehead atoms. The second kappa shape index (κ2) is 5.98. The third-order valence-corrected chi connectivity index (χ3v) is 5.88. The molecule has 0 spiro atoms. The van der Waals surface area contributed by atoms with E-state index in [-0.39, 0.29) is 35.5 Å². The van der Waals surface area contributed by atoms with Crippen molar-refractivity contribution < 1.29 is 19.1 Å². The van der Waals surface area contributed by atoms with Gasteiger partial charge in [-0.15, -0.1) is 0 Å². The van der Waals surface area contributed by atoms with Crippen molar-refractivity contribution in [1.29, 1.82) is 0 Å². The minimum Gasteiger partial charge on any atom is -0.496 e. The Morgan fingerprint density at radius 2 is 1.68 bits per heavy atom. The van der Waals surface area contributed by atoms with Crippen LogP contribution in [0.2, 0.25) is 0 Å². The molecule has 130 valence electrons. The first-order chi connectivity index (χ1) is 12.0. The van der Waals surface area contributed by atoms with E-state index in [0.717, 1.165) is 15.9 Å². The fourth-order valence-electron chi connectivity index (χ4n) is 4.10. The summed E-state index contributed by atoms with van der Waals surface area (Å²) in [6.45, 7) is 0. The number of hydrazone groups is 1. The Morgan fingerprint density at radius 1 is 1.08 bits per heavy atom. The van der Waals surface area contributed by atoms with Gasteiger partial charge in [-0.05, 0) is 40.3 Å². The zero-order chi connectivity index (χ0) is 17.7. The molecule has 7 heteroatoms. The van der Waals surface area contributed by atoms with Gasteiger partial charge in [-0.25, -0.2) is 0 Å². The normalized spacial score (nSPS) is 29.8. The maximum Gasteiger partial charge on any atom is 0.254 e. The summed E-state index contributed by atoms with van der Waals surface area (Å²) >= 11 is 3.41. The molecule has 0 radical (unpaired) electrons. The van der Waals surface area contributed by atoms with Crippen molar-refractivity contribution in [1.82, 2.24) is 5.01 Å². The average Bonchev–Trinajstić information content (AvgIpc) is 3.28.